The van der Waals surface area contributed by atoms with Crippen LogP contribution in [0.4, 0.5) is 11.5 Å². The standard InChI is InChI=1S/C12H10BrN3O/c13-9-3-1-8(2-4-9)12(17)16-10-5-6-11(14)15-7-10/h1-7H,(H2,14,15)(H,16,17). The predicted octanol–water partition coefficient (Wildman–Crippen LogP) is 2.68. The van der Waals surface area contributed by atoms with Crippen molar-refractivity contribution in [3.63, 3.8) is 0 Å². The van der Waals surface area contributed by atoms with Crippen LogP contribution in [-0.4, -0.2) is 10.9 Å². The minimum Gasteiger partial charge on any atom is -0.384 e. The van der Waals surface area contributed by atoms with E-state index in [-0.39, 0.29) is 5.91 Å². The molecule has 1 aromatic heterocycles. The number of amides is 1. The van der Waals surface area contributed by atoms with E-state index in [0.717, 1.165) is 4.47 Å². The number of carbonyl (C=O) groups excluding carboxylic acids is 1. The molecule has 0 spiro atoms. The summed E-state index contributed by atoms with van der Waals surface area (Å²) in [6.07, 6.45) is 1.52. The minimum atomic E-state index is -0.177. The van der Waals surface area contributed by atoms with E-state index < -0.39 is 0 Å². The van der Waals surface area contributed by atoms with Crippen LogP contribution in [0.15, 0.2) is 47.1 Å². The number of hydrogen-bond donors (Lipinski definition) is 2. The van der Waals surface area contributed by atoms with Gasteiger partial charge in [0.2, 0.25) is 0 Å². The van der Waals surface area contributed by atoms with Gasteiger partial charge in [-0.2, -0.15) is 0 Å². The maximum absolute atomic E-state index is 11.8. The Kier molecular flexibility index (Phi) is 3.39. The maximum Gasteiger partial charge on any atom is 0.255 e. The SMILES string of the molecule is Nc1ccc(NC(=O)c2ccc(Br)cc2)cn1. The fourth-order valence-electron chi connectivity index (χ4n) is 1.28. The molecule has 17 heavy (non-hydrogen) atoms. The van der Waals surface area contributed by atoms with Gasteiger partial charge in [-0.25, -0.2) is 4.98 Å². The number of nitrogen functional groups attached to an aromatic ring is 1. The minimum absolute atomic E-state index is 0.177. The number of anilines is 2. The number of hydrogen-bond acceptors (Lipinski definition) is 3. The zero-order valence-corrected chi connectivity index (χ0v) is 10.4. The highest BCUT2D eigenvalue weighted by atomic mass is 79.9. The molecule has 0 unspecified atom stereocenters. The molecule has 0 aliphatic heterocycles. The average Bonchev–Trinajstić information content (AvgIpc) is 2.33. The Balaban J connectivity index is 2.11. The maximum atomic E-state index is 11.8. The van der Waals surface area contributed by atoms with Gasteiger partial charge in [-0.15, -0.1) is 0 Å². The fourth-order valence-corrected chi connectivity index (χ4v) is 1.55. The molecule has 4 nitrogen and oxygen atoms in total. The molecule has 1 heterocycles. The predicted molar refractivity (Wildman–Crippen MR) is 70.7 cm³/mol. The van der Waals surface area contributed by atoms with Crippen LogP contribution in [0.1, 0.15) is 10.4 Å². The van der Waals surface area contributed by atoms with Crippen molar-refractivity contribution in [2.75, 3.05) is 11.1 Å². The second-order valence-electron chi connectivity index (χ2n) is 3.43. The van der Waals surface area contributed by atoms with Gasteiger partial charge in [0.05, 0.1) is 11.9 Å². The summed E-state index contributed by atoms with van der Waals surface area (Å²) in [6.45, 7) is 0. The molecule has 3 N–H and O–H groups in total. The molecule has 0 aliphatic carbocycles. The summed E-state index contributed by atoms with van der Waals surface area (Å²) in [4.78, 5) is 15.7. The van der Waals surface area contributed by atoms with Gasteiger partial charge in [0.1, 0.15) is 5.82 Å². The van der Waals surface area contributed by atoms with Gasteiger partial charge in [-0.1, -0.05) is 15.9 Å². The Labute approximate surface area is 107 Å². The summed E-state index contributed by atoms with van der Waals surface area (Å²) in [5.74, 6) is 0.246. The molecule has 0 saturated heterocycles. The van der Waals surface area contributed by atoms with Crippen molar-refractivity contribution < 1.29 is 4.79 Å². The Morgan fingerprint density at radius 3 is 2.47 bits per heavy atom. The first-order valence-electron chi connectivity index (χ1n) is 4.93. The second-order valence-corrected chi connectivity index (χ2v) is 4.35. The van der Waals surface area contributed by atoms with Crippen molar-refractivity contribution in [1.29, 1.82) is 0 Å². The Morgan fingerprint density at radius 2 is 1.88 bits per heavy atom. The van der Waals surface area contributed by atoms with E-state index in [9.17, 15) is 4.79 Å². The van der Waals surface area contributed by atoms with Crippen molar-refractivity contribution in [3.8, 4) is 0 Å². The first-order valence-corrected chi connectivity index (χ1v) is 5.73. The van der Waals surface area contributed by atoms with Crippen molar-refractivity contribution in [1.82, 2.24) is 4.98 Å². The number of nitrogens with zero attached hydrogens (tertiary/aromatic N) is 1. The van der Waals surface area contributed by atoms with Gasteiger partial charge in [0.25, 0.3) is 5.91 Å². The van der Waals surface area contributed by atoms with Gasteiger partial charge in [0.15, 0.2) is 0 Å². The van der Waals surface area contributed by atoms with Crippen molar-refractivity contribution in [2.45, 2.75) is 0 Å². The zero-order valence-electron chi connectivity index (χ0n) is 8.85. The molecule has 2 aromatic rings. The molecule has 86 valence electrons. The number of nitrogens with two attached hydrogens (primary N) is 1. The van der Waals surface area contributed by atoms with Gasteiger partial charge >= 0.3 is 0 Å². The number of benzene rings is 1. The molecule has 0 fully saturated rings. The fraction of sp³-hybridized carbons (Fsp3) is 0. The van der Waals surface area contributed by atoms with Crippen LogP contribution in [0.2, 0.25) is 0 Å². The van der Waals surface area contributed by atoms with Crippen molar-refractivity contribution in [2.24, 2.45) is 0 Å². The van der Waals surface area contributed by atoms with E-state index in [1.807, 2.05) is 12.1 Å². The molecular formula is C12H10BrN3O. The number of halogens is 1. The lowest BCUT2D eigenvalue weighted by Crippen LogP contribution is -2.11. The Morgan fingerprint density at radius 1 is 1.18 bits per heavy atom. The largest absolute Gasteiger partial charge is 0.384 e. The van der Waals surface area contributed by atoms with Crippen molar-refractivity contribution >= 4 is 33.3 Å². The van der Waals surface area contributed by atoms with Gasteiger partial charge in [0, 0.05) is 10.0 Å². The van der Waals surface area contributed by atoms with Crippen molar-refractivity contribution in [3.05, 3.63) is 52.6 Å². The van der Waals surface area contributed by atoms with E-state index >= 15 is 0 Å². The highest BCUT2D eigenvalue weighted by Crippen LogP contribution is 2.13. The monoisotopic (exact) mass is 291 g/mol. The third-order valence-corrected chi connectivity index (χ3v) is 2.68. The molecule has 5 heteroatoms. The Bertz CT molecular complexity index is 522. The molecular weight excluding hydrogens is 282 g/mol. The second kappa shape index (κ2) is 4.97. The van der Waals surface area contributed by atoms with Gasteiger partial charge < -0.3 is 11.1 Å². The summed E-state index contributed by atoms with van der Waals surface area (Å²) < 4.78 is 0.934. The summed E-state index contributed by atoms with van der Waals surface area (Å²) in [6, 6.07) is 10.5. The molecule has 0 bridgehead atoms. The van der Waals surface area contributed by atoms with E-state index in [1.165, 1.54) is 6.20 Å². The summed E-state index contributed by atoms with van der Waals surface area (Å²) >= 11 is 3.31. The third-order valence-electron chi connectivity index (χ3n) is 2.15. The highest BCUT2D eigenvalue weighted by Gasteiger charge is 2.05. The lowest BCUT2D eigenvalue weighted by Gasteiger charge is -2.04. The summed E-state index contributed by atoms with van der Waals surface area (Å²) in [5, 5.41) is 2.73. The normalized spacial score (nSPS) is 9.94. The Hall–Kier alpha value is -1.88. The first kappa shape index (κ1) is 11.6. The zero-order chi connectivity index (χ0) is 12.3. The molecule has 0 aliphatic rings. The molecule has 2 rings (SSSR count). The van der Waals surface area contributed by atoms with Crippen LogP contribution in [-0.2, 0) is 0 Å². The molecule has 0 radical (unpaired) electrons. The molecule has 1 amide bonds. The number of nitrogens with one attached hydrogen (secondary N) is 1. The van der Waals surface area contributed by atoms with Crippen LogP contribution in [0.3, 0.4) is 0 Å². The summed E-state index contributed by atoms with van der Waals surface area (Å²) in [7, 11) is 0. The van der Waals surface area contributed by atoms with E-state index in [1.54, 1.807) is 24.3 Å². The van der Waals surface area contributed by atoms with Crippen LogP contribution in [0, 0.1) is 0 Å². The van der Waals surface area contributed by atoms with Crippen LogP contribution < -0.4 is 11.1 Å². The number of aromatic nitrogens is 1. The first-order chi connectivity index (χ1) is 8.15. The van der Waals surface area contributed by atoms with Crippen LogP contribution in [0.25, 0.3) is 0 Å². The number of pyridine rings is 1. The molecule has 0 atom stereocenters. The quantitative estimate of drug-likeness (QED) is 0.894. The van der Waals surface area contributed by atoms with Gasteiger partial charge in [-0.05, 0) is 36.4 Å². The third kappa shape index (κ3) is 3.04. The van der Waals surface area contributed by atoms with E-state index in [0.29, 0.717) is 17.1 Å². The van der Waals surface area contributed by atoms with E-state index in [4.69, 9.17) is 5.73 Å². The molecule has 0 saturated carbocycles. The smallest absolute Gasteiger partial charge is 0.255 e. The van der Waals surface area contributed by atoms with E-state index in [2.05, 4.69) is 26.2 Å². The topological polar surface area (TPSA) is 68.0 Å². The van der Waals surface area contributed by atoms with Crippen LogP contribution >= 0.6 is 15.9 Å². The van der Waals surface area contributed by atoms with Gasteiger partial charge in [-0.3, -0.25) is 4.79 Å². The number of rotatable bonds is 2. The molecule has 1 aromatic carbocycles. The van der Waals surface area contributed by atoms with Crippen LogP contribution in [0.5, 0.6) is 0 Å². The lowest BCUT2D eigenvalue weighted by atomic mass is 10.2. The summed E-state index contributed by atoms with van der Waals surface area (Å²) in [5.41, 5.74) is 6.66. The lowest BCUT2D eigenvalue weighted by molar-refractivity contribution is 0.102. The average molecular weight is 292 g/mol. The highest BCUT2D eigenvalue weighted by molar-refractivity contribution is 9.10. The number of carbonyl (C=O) groups is 1.